The van der Waals surface area contributed by atoms with Crippen LogP contribution >= 0.6 is 0 Å². The normalized spacial score (nSPS) is 17.6. The number of nitrogens with zero attached hydrogens (tertiary/aromatic N) is 1. The number of pyridine rings is 1. The van der Waals surface area contributed by atoms with Gasteiger partial charge in [0.1, 0.15) is 5.82 Å². The van der Waals surface area contributed by atoms with E-state index in [4.69, 9.17) is 10.5 Å². The number of amides is 1. The molecule has 2 atom stereocenters. The van der Waals surface area contributed by atoms with Crippen LogP contribution < -0.4 is 16.4 Å². The van der Waals surface area contributed by atoms with Gasteiger partial charge in [0.2, 0.25) is 0 Å². The number of nitrogens with two attached hydrogens (primary N) is 1. The predicted octanol–water partition coefficient (Wildman–Crippen LogP) is 2.98. The standard InChI is InChI=1S/C27H32N4O3/c1-3-20-10-19(5-4-17(20)2)16-34-25-14-29-13-24(25)31-27(33)23-11-22(12-30-26(23)28)21-8-6-18(15-32)7-9-21/h4-12,24-25,29,32H,3,13-16H2,1-2H3,(H2,28,30)(H,31,33)/t24-,25-/m0/s1. The molecular formula is C27H32N4O3. The van der Waals surface area contributed by atoms with Crippen LogP contribution in [0.5, 0.6) is 0 Å². The highest BCUT2D eigenvalue weighted by atomic mass is 16.5. The van der Waals surface area contributed by atoms with Gasteiger partial charge in [-0.05, 0) is 47.2 Å². The molecule has 2 heterocycles. The number of ether oxygens (including phenoxy) is 1. The molecule has 0 saturated carbocycles. The van der Waals surface area contributed by atoms with Crippen LogP contribution in [-0.4, -0.2) is 41.2 Å². The van der Waals surface area contributed by atoms with E-state index in [9.17, 15) is 9.90 Å². The van der Waals surface area contributed by atoms with Crippen molar-refractivity contribution < 1.29 is 14.6 Å². The number of carbonyl (C=O) groups excluding carboxylic acids is 1. The van der Waals surface area contributed by atoms with E-state index >= 15 is 0 Å². The van der Waals surface area contributed by atoms with E-state index in [1.807, 2.05) is 24.3 Å². The molecule has 1 amide bonds. The Bertz CT molecular complexity index is 1150. The van der Waals surface area contributed by atoms with Crippen molar-refractivity contribution in [2.75, 3.05) is 18.8 Å². The van der Waals surface area contributed by atoms with Gasteiger partial charge < -0.3 is 26.2 Å². The largest absolute Gasteiger partial charge is 0.392 e. The molecule has 1 fully saturated rings. The first-order chi connectivity index (χ1) is 16.5. The van der Waals surface area contributed by atoms with E-state index in [1.165, 1.54) is 11.1 Å². The van der Waals surface area contributed by atoms with Crippen LogP contribution in [0, 0.1) is 6.92 Å². The highest BCUT2D eigenvalue weighted by Gasteiger charge is 2.30. The first-order valence-corrected chi connectivity index (χ1v) is 11.7. The number of anilines is 1. The second kappa shape index (κ2) is 10.8. The topological polar surface area (TPSA) is 110 Å². The average molecular weight is 461 g/mol. The molecule has 0 spiro atoms. The Balaban J connectivity index is 1.43. The van der Waals surface area contributed by atoms with Crippen molar-refractivity contribution in [3.05, 3.63) is 82.5 Å². The number of hydrogen-bond donors (Lipinski definition) is 4. The second-order valence-electron chi connectivity index (χ2n) is 8.71. The van der Waals surface area contributed by atoms with Crippen molar-refractivity contribution in [1.82, 2.24) is 15.6 Å². The van der Waals surface area contributed by atoms with Crippen molar-refractivity contribution in [3.63, 3.8) is 0 Å². The summed E-state index contributed by atoms with van der Waals surface area (Å²) < 4.78 is 6.18. The van der Waals surface area contributed by atoms with Gasteiger partial charge in [0, 0.05) is 24.8 Å². The highest BCUT2D eigenvalue weighted by Crippen LogP contribution is 2.23. The molecule has 1 saturated heterocycles. The number of aryl methyl sites for hydroxylation is 2. The maximum atomic E-state index is 13.1. The van der Waals surface area contributed by atoms with Gasteiger partial charge in [-0.1, -0.05) is 49.4 Å². The summed E-state index contributed by atoms with van der Waals surface area (Å²) in [6.45, 7) is 6.04. The number of benzene rings is 2. The van der Waals surface area contributed by atoms with E-state index < -0.39 is 0 Å². The van der Waals surface area contributed by atoms with E-state index in [2.05, 4.69) is 47.7 Å². The fourth-order valence-corrected chi connectivity index (χ4v) is 4.24. The van der Waals surface area contributed by atoms with Gasteiger partial charge in [0.05, 0.1) is 30.9 Å². The monoisotopic (exact) mass is 460 g/mol. The number of aliphatic hydroxyl groups is 1. The maximum absolute atomic E-state index is 13.1. The minimum absolute atomic E-state index is 0.0176. The van der Waals surface area contributed by atoms with Crippen LogP contribution in [0.1, 0.15) is 39.5 Å². The first-order valence-electron chi connectivity index (χ1n) is 11.7. The number of aromatic nitrogens is 1. The zero-order chi connectivity index (χ0) is 24.1. The zero-order valence-electron chi connectivity index (χ0n) is 19.7. The van der Waals surface area contributed by atoms with Crippen LogP contribution in [0.2, 0.25) is 0 Å². The molecule has 1 aliphatic heterocycles. The number of nitrogens with one attached hydrogen (secondary N) is 2. The molecule has 34 heavy (non-hydrogen) atoms. The van der Waals surface area contributed by atoms with Crippen LogP contribution in [-0.2, 0) is 24.4 Å². The molecule has 0 aliphatic carbocycles. The van der Waals surface area contributed by atoms with Crippen molar-refractivity contribution in [2.24, 2.45) is 0 Å². The van der Waals surface area contributed by atoms with E-state index in [0.717, 1.165) is 28.7 Å². The Morgan fingerprint density at radius 1 is 1.15 bits per heavy atom. The third-order valence-electron chi connectivity index (χ3n) is 6.37. The molecule has 4 rings (SSSR count). The lowest BCUT2D eigenvalue weighted by Crippen LogP contribution is -2.44. The van der Waals surface area contributed by atoms with Gasteiger partial charge in [-0.3, -0.25) is 4.79 Å². The third-order valence-corrected chi connectivity index (χ3v) is 6.37. The number of carbonyl (C=O) groups is 1. The number of nitrogen functional groups attached to an aromatic ring is 1. The minimum Gasteiger partial charge on any atom is -0.392 e. The predicted molar refractivity (Wildman–Crippen MR) is 133 cm³/mol. The Kier molecular flexibility index (Phi) is 7.57. The molecule has 7 heteroatoms. The quantitative estimate of drug-likeness (QED) is 0.412. The molecule has 1 aliphatic rings. The van der Waals surface area contributed by atoms with Crippen LogP contribution in [0.15, 0.2) is 54.7 Å². The SMILES string of the molecule is CCc1cc(CO[C@H]2CNC[C@@H]2NC(=O)c2cc(-c3ccc(CO)cc3)cnc2N)ccc1C. The Morgan fingerprint density at radius 2 is 1.91 bits per heavy atom. The van der Waals surface area contributed by atoms with Gasteiger partial charge in [0.25, 0.3) is 5.91 Å². The van der Waals surface area contributed by atoms with Gasteiger partial charge in [0.15, 0.2) is 0 Å². The summed E-state index contributed by atoms with van der Waals surface area (Å²) >= 11 is 0. The van der Waals surface area contributed by atoms with Gasteiger partial charge in [-0.25, -0.2) is 4.98 Å². The minimum atomic E-state index is -0.273. The zero-order valence-corrected chi connectivity index (χ0v) is 19.7. The Hall–Kier alpha value is -3.26. The van der Waals surface area contributed by atoms with Crippen LogP contribution in [0.3, 0.4) is 0 Å². The van der Waals surface area contributed by atoms with Crippen molar-refractivity contribution >= 4 is 11.7 Å². The number of aliphatic hydroxyl groups excluding tert-OH is 1. The molecule has 178 valence electrons. The maximum Gasteiger partial charge on any atom is 0.255 e. The van der Waals surface area contributed by atoms with Crippen molar-refractivity contribution in [2.45, 2.75) is 45.6 Å². The summed E-state index contributed by atoms with van der Waals surface area (Å²) in [5.74, 6) is -0.0897. The molecule has 2 aromatic carbocycles. The number of rotatable bonds is 8. The summed E-state index contributed by atoms with van der Waals surface area (Å²) in [6, 6.07) is 15.5. The summed E-state index contributed by atoms with van der Waals surface area (Å²) in [5.41, 5.74) is 12.6. The van der Waals surface area contributed by atoms with Gasteiger partial charge in [-0.15, -0.1) is 0 Å². The van der Waals surface area contributed by atoms with E-state index in [-0.39, 0.29) is 30.5 Å². The summed E-state index contributed by atoms with van der Waals surface area (Å²) in [4.78, 5) is 17.3. The lowest BCUT2D eigenvalue weighted by atomic mass is 10.0. The van der Waals surface area contributed by atoms with Gasteiger partial charge in [-0.2, -0.15) is 0 Å². The molecule has 0 bridgehead atoms. The summed E-state index contributed by atoms with van der Waals surface area (Å²) in [7, 11) is 0. The molecule has 3 aromatic rings. The average Bonchev–Trinajstić information content (AvgIpc) is 3.30. The second-order valence-corrected chi connectivity index (χ2v) is 8.71. The van der Waals surface area contributed by atoms with Crippen LogP contribution in [0.25, 0.3) is 11.1 Å². The van der Waals surface area contributed by atoms with Crippen molar-refractivity contribution in [3.8, 4) is 11.1 Å². The molecular weight excluding hydrogens is 428 g/mol. The molecule has 0 radical (unpaired) electrons. The van der Waals surface area contributed by atoms with E-state index in [1.54, 1.807) is 12.3 Å². The smallest absolute Gasteiger partial charge is 0.255 e. The molecule has 0 unspecified atom stereocenters. The fraction of sp³-hybridized carbons (Fsp3) is 0.333. The Morgan fingerprint density at radius 3 is 2.65 bits per heavy atom. The fourth-order valence-electron chi connectivity index (χ4n) is 4.24. The number of hydrogen-bond acceptors (Lipinski definition) is 6. The molecule has 1 aromatic heterocycles. The summed E-state index contributed by atoms with van der Waals surface area (Å²) in [5, 5.41) is 15.6. The van der Waals surface area contributed by atoms with E-state index in [0.29, 0.717) is 25.3 Å². The van der Waals surface area contributed by atoms with Crippen LogP contribution in [0.4, 0.5) is 5.82 Å². The van der Waals surface area contributed by atoms with Gasteiger partial charge >= 0.3 is 0 Å². The molecule has 5 N–H and O–H groups in total. The third kappa shape index (κ3) is 5.44. The highest BCUT2D eigenvalue weighted by molar-refractivity contribution is 5.99. The van der Waals surface area contributed by atoms with Crippen molar-refractivity contribution in [1.29, 1.82) is 0 Å². The lowest BCUT2D eigenvalue weighted by Gasteiger charge is -2.21. The molecule has 7 nitrogen and oxygen atoms in total. The summed E-state index contributed by atoms with van der Waals surface area (Å²) in [6.07, 6.45) is 2.50. The first kappa shape index (κ1) is 23.9. The Labute approximate surface area is 200 Å². The lowest BCUT2D eigenvalue weighted by molar-refractivity contribution is 0.0357.